The van der Waals surface area contributed by atoms with Crippen molar-refractivity contribution in [2.24, 2.45) is 11.3 Å². The number of anilines is 1. The first-order valence-corrected chi connectivity index (χ1v) is 9.07. The summed E-state index contributed by atoms with van der Waals surface area (Å²) in [5.41, 5.74) is 0.242. The molecule has 0 saturated heterocycles. The number of halogens is 1. The van der Waals surface area contributed by atoms with E-state index >= 15 is 0 Å². The number of pyridine rings is 1. The third kappa shape index (κ3) is 2.71. The van der Waals surface area contributed by atoms with Gasteiger partial charge in [0.25, 0.3) is 0 Å². The van der Waals surface area contributed by atoms with E-state index in [4.69, 9.17) is 0 Å². The zero-order valence-electron chi connectivity index (χ0n) is 11.3. The maximum Gasteiger partial charge on any atom is 0.244 e. The minimum Gasteiger partial charge on any atom is -0.372 e. The normalized spacial score (nSPS) is 20.7. The van der Waals surface area contributed by atoms with Gasteiger partial charge in [0.1, 0.15) is 10.7 Å². The van der Waals surface area contributed by atoms with Gasteiger partial charge in [-0.25, -0.2) is 18.1 Å². The van der Waals surface area contributed by atoms with Crippen LogP contribution in [0.15, 0.2) is 21.6 Å². The zero-order chi connectivity index (χ0) is 14.4. The van der Waals surface area contributed by atoms with Crippen LogP contribution in [0.4, 0.5) is 5.82 Å². The first kappa shape index (κ1) is 14.3. The number of aromatic nitrogens is 1. The molecule has 0 aliphatic heterocycles. The van der Waals surface area contributed by atoms with Gasteiger partial charge in [0.2, 0.25) is 10.0 Å². The third-order valence-corrected chi connectivity index (χ3v) is 6.14. The van der Waals surface area contributed by atoms with Gasteiger partial charge in [-0.15, -0.1) is 0 Å². The minimum absolute atomic E-state index is 0.195. The monoisotopic (exact) mass is 359 g/mol. The van der Waals surface area contributed by atoms with Crippen LogP contribution in [0.3, 0.4) is 0 Å². The van der Waals surface area contributed by atoms with Gasteiger partial charge in [0.05, 0.1) is 0 Å². The smallest absolute Gasteiger partial charge is 0.244 e. The second-order valence-corrected chi connectivity index (χ2v) is 8.36. The van der Waals surface area contributed by atoms with Gasteiger partial charge in [-0.3, -0.25) is 0 Å². The molecule has 3 rings (SSSR count). The molecule has 0 atom stereocenters. The molecule has 0 amide bonds. The Hall–Kier alpha value is -0.660. The second kappa shape index (κ2) is 4.96. The number of rotatable bonds is 6. The predicted molar refractivity (Wildman–Crippen MR) is 81.1 cm³/mol. The number of hydrogen-bond acceptors (Lipinski definition) is 4. The van der Waals surface area contributed by atoms with Crippen LogP contribution in [0.25, 0.3) is 0 Å². The van der Waals surface area contributed by atoms with Crippen LogP contribution in [-0.2, 0) is 10.0 Å². The average Bonchev–Trinajstić information content (AvgIpc) is 3.28. The Morgan fingerprint density at radius 1 is 1.45 bits per heavy atom. The van der Waals surface area contributed by atoms with Crippen LogP contribution in [0.2, 0.25) is 0 Å². The summed E-state index contributed by atoms with van der Waals surface area (Å²) in [6, 6.07) is 1.58. The highest BCUT2D eigenvalue weighted by Gasteiger charge is 2.53. The molecule has 0 unspecified atom stereocenters. The molecule has 0 radical (unpaired) electrons. The van der Waals surface area contributed by atoms with Crippen molar-refractivity contribution in [3.05, 3.63) is 16.7 Å². The van der Waals surface area contributed by atoms with Crippen LogP contribution >= 0.6 is 15.9 Å². The van der Waals surface area contributed by atoms with Crippen molar-refractivity contribution in [3.63, 3.8) is 0 Å². The first-order valence-electron chi connectivity index (χ1n) is 6.80. The molecule has 1 heterocycles. The molecule has 2 aliphatic rings. The van der Waals surface area contributed by atoms with Crippen molar-refractivity contribution in [2.45, 2.75) is 30.6 Å². The second-order valence-electron chi connectivity index (χ2n) is 5.71. The number of hydrogen-bond donors (Lipinski definition) is 2. The van der Waals surface area contributed by atoms with E-state index in [0.29, 0.717) is 16.8 Å². The first-order chi connectivity index (χ1) is 9.47. The largest absolute Gasteiger partial charge is 0.372 e. The van der Waals surface area contributed by atoms with Gasteiger partial charge in [-0.2, -0.15) is 0 Å². The Morgan fingerprint density at radius 3 is 2.70 bits per heavy atom. The summed E-state index contributed by atoms with van der Waals surface area (Å²) >= 11 is 3.27. The zero-order valence-corrected chi connectivity index (χ0v) is 13.7. The maximum absolute atomic E-state index is 12.5. The molecular formula is C13H18BrN3O2S. The lowest BCUT2D eigenvalue weighted by atomic mass is 10.0. The Morgan fingerprint density at radius 2 is 2.15 bits per heavy atom. The van der Waals surface area contributed by atoms with Crippen molar-refractivity contribution < 1.29 is 8.42 Å². The van der Waals surface area contributed by atoms with E-state index in [-0.39, 0.29) is 10.3 Å². The SMILES string of the molecule is CNc1ncc(Br)cc1S(=O)(=O)NCC1(C2CC2)CC1. The van der Waals surface area contributed by atoms with E-state index in [1.54, 1.807) is 19.3 Å². The number of sulfonamides is 1. The fraction of sp³-hybridized carbons (Fsp3) is 0.615. The summed E-state index contributed by atoms with van der Waals surface area (Å²) in [6.45, 7) is 0.551. The minimum atomic E-state index is -3.53. The maximum atomic E-state index is 12.5. The summed E-state index contributed by atoms with van der Waals surface area (Å²) in [5.74, 6) is 1.10. The van der Waals surface area contributed by atoms with Gasteiger partial charge < -0.3 is 5.32 Å². The quantitative estimate of drug-likeness (QED) is 0.817. The molecule has 2 saturated carbocycles. The Kier molecular flexibility index (Phi) is 3.54. The van der Waals surface area contributed by atoms with Crippen molar-refractivity contribution in [2.75, 3.05) is 18.9 Å². The Balaban J connectivity index is 1.79. The molecule has 0 bridgehead atoms. The van der Waals surface area contributed by atoms with E-state index in [1.807, 2.05) is 0 Å². The Labute approximate surface area is 127 Å². The van der Waals surface area contributed by atoms with Crippen molar-refractivity contribution >= 4 is 31.8 Å². The molecule has 110 valence electrons. The molecular weight excluding hydrogens is 342 g/mol. The third-order valence-electron chi connectivity index (χ3n) is 4.30. The van der Waals surface area contributed by atoms with Crippen molar-refractivity contribution in [1.82, 2.24) is 9.71 Å². The average molecular weight is 360 g/mol. The lowest BCUT2D eigenvalue weighted by Gasteiger charge is -2.16. The van der Waals surface area contributed by atoms with Crippen molar-refractivity contribution in [1.29, 1.82) is 0 Å². The molecule has 20 heavy (non-hydrogen) atoms. The topological polar surface area (TPSA) is 71.1 Å². The van der Waals surface area contributed by atoms with E-state index in [9.17, 15) is 8.42 Å². The van der Waals surface area contributed by atoms with Crippen LogP contribution < -0.4 is 10.0 Å². The predicted octanol–water partition coefficient (Wildman–Crippen LogP) is 2.35. The molecule has 1 aromatic heterocycles. The van der Waals surface area contributed by atoms with Crippen LogP contribution in [-0.4, -0.2) is 27.0 Å². The summed E-state index contributed by atoms with van der Waals surface area (Å²) in [6.07, 6.45) is 6.38. The van der Waals surface area contributed by atoms with Gasteiger partial charge >= 0.3 is 0 Å². The fourth-order valence-electron chi connectivity index (χ4n) is 2.72. The van der Waals surface area contributed by atoms with E-state index in [2.05, 4.69) is 31.0 Å². The summed E-state index contributed by atoms with van der Waals surface area (Å²) in [7, 11) is -1.86. The molecule has 5 nitrogen and oxygen atoms in total. The van der Waals surface area contributed by atoms with E-state index in [0.717, 1.165) is 18.8 Å². The van der Waals surface area contributed by atoms with Crippen molar-refractivity contribution in [3.8, 4) is 0 Å². The van der Waals surface area contributed by atoms with Gasteiger partial charge in [0.15, 0.2) is 0 Å². The fourth-order valence-corrected chi connectivity index (χ4v) is 4.52. The number of nitrogens with one attached hydrogen (secondary N) is 2. The van der Waals surface area contributed by atoms with Gasteiger partial charge in [-0.1, -0.05) is 0 Å². The molecule has 0 spiro atoms. The molecule has 2 aliphatic carbocycles. The Bertz CT molecular complexity index is 625. The molecule has 2 N–H and O–H groups in total. The van der Waals surface area contributed by atoms with Gasteiger partial charge in [-0.05, 0) is 59.0 Å². The standard InChI is InChI=1S/C13H18BrN3O2S/c1-15-12-11(6-10(14)7-16-12)20(18,19)17-8-13(4-5-13)9-2-3-9/h6-7,9,17H,2-5,8H2,1H3,(H,15,16). The summed E-state index contributed by atoms with van der Waals surface area (Å²) in [4.78, 5) is 4.29. The highest BCUT2D eigenvalue weighted by Crippen LogP contribution is 2.60. The molecule has 1 aromatic rings. The lowest BCUT2D eigenvalue weighted by Crippen LogP contribution is -2.31. The van der Waals surface area contributed by atoms with E-state index < -0.39 is 10.0 Å². The summed E-state index contributed by atoms with van der Waals surface area (Å²) < 4.78 is 28.4. The van der Waals surface area contributed by atoms with Crippen LogP contribution in [0.5, 0.6) is 0 Å². The van der Waals surface area contributed by atoms with Crippen LogP contribution in [0.1, 0.15) is 25.7 Å². The van der Waals surface area contributed by atoms with E-state index in [1.165, 1.54) is 12.8 Å². The lowest BCUT2D eigenvalue weighted by molar-refractivity contribution is 0.432. The van der Waals surface area contributed by atoms with Crippen LogP contribution in [0, 0.1) is 11.3 Å². The number of nitrogens with zero attached hydrogens (tertiary/aromatic N) is 1. The molecule has 7 heteroatoms. The van der Waals surface area contributed by atoms with Gasteiger partial charge in [0, 0.05) is 24.3 Å². The molecule has 2 fully saturated rings. The molecule has 0 aromatic carbocycles. The summed E-state index contributed by atoms with van der Waals surface area (Å²) in [5, 5.41) is 2.83. The highest BCUT2D eigenvalue weighted by molar-refractivity contribution is 9.10. The highest BCUT2D eigenvalue weighted by atomic mass is 79.9.